The molecule has 7 heteroatoms. The summed E-state index contributed by atoms with van der Waals surface area (Å²) in [6, 6.07) is 8.74. The highest BCUT2D eigenvalue weighted by atomic mass is 32.1. The van der Waals surface area contributed by atoms with Crippen LogP contribution < -0.4 is 10.6 Å². The summed E-state index contributed by atoms with van der Waals surface area (Å²) in [4.78, 5) is 40.0. The zero-order valence-electron chi connectivity index (χ0n) is 15.4. The number of hydrogen-bond donors (Lipinski definition) is 2. The van der Waals surface area contributed by atoms with Crippen LogP contribution in [-0.4, -0.2) is 35.7 Å². The molecular formula is C21H21N3O3S. The highest BCUT2D eigenvalue weighted by Crippen LogP contribution is 2.24. The van der Waals surface area contributed by atoms with E-state index in [0.29, 0.717) is 24.3 Å². The normalized spacial score (nSPS) is 12.6. The molecule has 3 rings (SSSR count). The lowest BCUT2D eigenvalue weighted by Crippen LogP contribution is -2.35. The average Bonchev–Trinajstić information content (AvgIpc) is 3.18. The molecule has 0 unspecified atom stereocenters. The number of carbonyl (C=O) groups excluding carboxylic acids is 3. The molecule has 2 aromatic rings. The number of amides is 3. The first kappa shape index (κ1) is 19.6. The van der Waals surface area contributed by atoms with Crippen LogP contribution >= 0.6 is 11.3 Å². The van der Waals surface area contributed by atoms with Crippen molar-refractivity contribution in [2.45, 2.75) is 25.8 Å². The molecule has 0 atom stereocenters. The van der Waals surface area contributed by atoms with Gasteiger partial charge in [0.2, 0.25) is 11.8 Å². The topological polar surface area (TPSA) is 78.5 Å². The van der Waals surface area contributed by atoms with E-state index in [1.165, 1.54) is 10.4 Å². The van der Waals surface area contributed by atoms with Crippen molar-refractivity contribution in [3.63, 3.8) is 0 Å². The number of nitrogens with one attached hydrogen (secondary N) is 2. The summed E-state index contributed by atoms with van der Waals surface area (Å²) in [5, 5.41) is 7.34. The SMILES string of the molecule is C#CCNC(=O)c1ccccc1NC(=O)CCC(=O)N1CCc2sccc2C1. The van der Waals surface area contributed by atoms with Gasteiger partial charge in [0.25, 0.3) is 5.91 Å². The van der Waals surface area contributed by atoms with Gasteiger partial charge in [0.1, 0.15) is 0 Å². The third-order valence-electron chi connectivity index (χ3n) is 4.52. The van der Waals surface area contributed by atoms with Crippen molar-refractivity contribution in [1.29, 1.82) is 0 Å². The van der Waals surface area contributed by atoms with Gasteiger partial charge in [-0.15, -0.1) is 17.8 Å². The van der Waals surface area contributed by atoms with Crippen LogP contribution in [0.4, 0.5) is 5.69 Å². The fourth-order valence-corrected chi connectivity index (χ4v) is 3.96. The fourth-order valence-electron chi connectivity index (χ4n) is 3.07. The molecule has 1 aliphatic heterocycles. The summed E-state index contributed by atoms with van der Waals surface area (Å²) in [7, 11) is 0. The van der Waals surface area contributed by atoms with Gasteiger partial charge in [-0.1, -0.05) is 18.1 Å². The number of nitrogens with zero attached hydrogens (tertiary/aromatic N) is 1. The molecule has 6 nitrogen and oxygen atoms in total. The van der Waals surface area contributed by atoms with Gasteiger partial charge in [-0.3, -0.25) is 14.4 Å². The zero-order chi connectivity index (χ0) is 19.9. The van der Waals surface area contributed by atoms with Gasteiger partial charge < -0.3 is 15.5 Å². The fraction of sp³-hybridized carbons (Fsp3) is 0.286. The molecule has 3 amide bonds. The Balaban J connectivity index is 1.53. The molecule has 0 bridgehead atoms. The number of thiophene rings is 1. The van der Waals surface area contributed by atoms with Crippen molar-refractivity contribution >= 4 is 34.7 Å². The van der Waals surface area contributed by atoms with E-state index in [9.17, 15) is 14.4 Å². The molecule has 1 aromatic heterocycles. The van der Waals surface area contributed by atoms with E-state index >= 15 is 0 Å². The molecule has 0 aliphatic carbocycles. The van der Waals surface area contributed by atoms with Gasteiger partial charge in [-0.05, 0) is 35.6 Å². The minimum absolute atomic E-state index is 0.0351. The summed E-state index contributed by atoms with van der Waals surface area (Å²) >= 11 is 1.72. The third kappa shape index (κ3) is 4.78. The number of carbonyl (C=O) groups is 3. The van der Waals surface area contributed by atoms with Gasteiger partial charge in [0.15, 0.2) is 0 Å². The van der Waals surface area contributed by atoms with Crippen LogP contribution in [0.3, 0.4) is 0 Å². The number of rotatable bonds is 6. The van der Waals surface area contributed by atoms with Gasteiger partial charge in [0, 0.05) is 30.8 Å². The van der Waals surface area contributed by atoms with Crippen molar-refractivity contribution < 1.29 is 14.4 Å². The van der Waals surface area contributed by atoms with Gasteiger partial charge in [-0.2, -0.15) is 0 Å². The third-order valence-corrected chi connectivity index (χ3v) is 5.55. The Morgan fingerprint density at radius 2 is 2.00 bits per heavy atom. The average molecular weight is 395 g/mol. The predicted octanol–water partition coefficient (Wildman–Crippen LogP) is 2.41. The minimum Gasteiger partial charge on any atom is -0.341 e. The lowest BCUT2D eigenvalue weighted by Gasteiger charge is -2.27. The second-order valence-corrected chi connectivity index (χ2v) is 7.42. The Labute approximate surface area is 167 Å². The second-order valence-electron chi connectivity index (χ2n) is 6.41. The smallest absolute Gasteiger partial charge is 0.254 e. The molecule has 1 aliphatic rings. The van der Waals surface area contributed by atoms with Crippen LogP contribution in [0.1, 0.15) is 33.6 Å². The van der Waals surface area contributed by atoms with E-state index in [1.807, 2.05) is 11.4 Å². The van der Waals surface area contributed by atoms with E-state index in [-0.39, 0.29) is 37.1 Å². The van der Waals surface area contributed by atoms with Crippen LogP contribution in [0, 0.1) is 12.3 Å². The van der Waals surface area contributed by atoms with Crippen LogP contribution in [0.25, 0.3) is 0 Å². The number of hydrogen-bond acceptors (Lipinski definition) is 4. The van der Waals surface area contributed by atoms with Gasteiger partial charge >= 0.3 is 0 Å². The van der Waals surface area contributed by atoms with Crippen molar-refractivity contribution in [2.24, 2.45) is 0 Å². The first-order valence-electron chi connectivity index (χ1n) is 9.02. The Kier molecular flexibility index (Phi) is 6.45. The van der Waals surface area contributed by atoms with Crippen molar-refractivity contribution in [2.75, 3.05) is 18.4 Å². The van der Waals surface area contributed by atoms with E-state index in [4.69, 9.17) is 6.42 Å². The van der Waals surface area contributed by atoms with Crippen molar-refractivity contribution in [1.82, 2.24) is 10.2 Å². The Hall–Kier alpha value is -3.11. The highest BCUT2D eigenvalue weighted by molar-refractivity contribution is 7.10. The lowest BCUT2D eigenvalue weighted by atomic mass is 10.1. The van der Waals surface area contributed by atoms with Gasteiger partial charge in [-0.25, -0.2) is 0 Å². The number of fused-ring (bicyclic) bond motifs is 1. The quantitative estimate of drug-likeness (QED) is 0.738. The van der Waals surface area contributed by atoms with Crippen LogP contribution in [0.2, 0.25) is 0 Å². The molecule has 0 radical (unpaired) electrons. The molecule has 2 heterocycles. The molecule has 0 saturated carbocycles. The summed E-state index contributed by atoms with van der Waals surface area (Å²) in [6.07, 6.45) is 6.22. The van der Waals surface area contributed by atoms with E-state index in [2.05, 4.69) is 16.6 Å². The van der Waals surface area contributed by atoms with Crippen molar-refractivity contribution in [3.8, 4) is 12.3 Å². The minimum atomic E-state index is -0.357. The Bertz CT molecular complexity index is 929. The van der Waals surface area contributed by atoms with Crippen LogP contribution in [0.15, 0.2) is 35.7 Å². The number of terminal acetylenes is 1. The summed E-state index contributed by atoms with van der Waals surface area (Å²) in [5.41, 5.74) is 1.93. The standard InChI is InChI=1S/C21H21N3O3S/c1-2-11-22-21(27)16-5-3-4-6-17(16)23-19(25)7-8-20(26)24-12-9-18-15(14-24)10-13-28-18/h1,3-6,10,13H,7-9,11-12,14H2,(H,22,27)(H,23,25). The Morgan fingerprint density at radius 3 is 2.82 bits per heavy atom. The molecule has 2 N–H and O–H groups in total. The summed E-state index contributed by atoms with van der Waals surface area (Å²) in [5.74, 6) is 1.64. The van der Waals surface area contributed by atoms with E-state index in [0.717, 1.165) is 6.42 Å². The first-order valence-corrected chi connectivity index (χ1v) is 9.90. The maximum atomic E-state index is 12.4. The van der Waals surface area contributed by atoms with Crippen LogP contribution in [-0.2, 0) is 22.6 Å². The Morgan fingerprint density at radius 1 is 1.18 bits per heavy atom. The summed E-state index contributed by atoms with van der Waals surface area (Å²) < 4.78 is 0. The molecule has 28 heavy (non-hydrogen) atoms. The molecular weight excluding hydrogens is 374 g/mol. The molecule has 0 saturated heterocycles. The number of benzene rings is 1. The predicted molar refractivity (Wildman–Crippen MR) is 109 cm³/mol. The lowest BCUT2D eigenvalue weighted by molar-refractivity contribution is -0.133. The monoisotopic (exact) mass is 395 g/mol. The van der Waals surface area contributed by atoms with Crippen molar-refractivity contribution in [3.05, 3.63) is 51.7 Å². The number of para-hydroxylation sites is 1. The highest BCUT2D eigenvalue weighted by Gasteiger charge is 2.22. The molecule has 1 aromatic carbocycles. The maximum absolute atomic E-state index is 12.4. The van der Waals surface area contributed by atoms with E-state index < -0.39 is 0 Å². The summed E-state index contributed by atoms with van der Waals surface area (Å²) in [6.45, 7) is 1.40. The first-order chi connectivity index (χ1) is 13.6. The molecule has 0 spiro atoms. The van der Waals surface area contributed by atoms with E-state index in [1.54, 1.807) is 40.5 Å². The maximum Gasteiger partial charge on any atom is 0.254 e. The van der Waals surface area contributed by atoms with Crippen LogP contribution in [0.5, 0.6) is 0 Å². The number of anilines is 1. The second kappa shape index (κ2) is 9.20. The molecule has 144 valence electrons. The molecule has 0 fully saturated rings. The van der Waals surface area contributed by atoms with Gasteiger partial charge in [0.05, 0.1) is 17.8 Å². The zero-order valence-corrected chi connectivity index (χ0v) is 16.2. The largest absolute Gasteiger partial charge is 0.341 e.